The summed E-state index contributed by atoms with van der Waals surface area (Å²) >= 11 is 0. The quantitative estimate of drug-likeness (QED) is 0.211. The van der Waals surface area contributed by atoms with Crippen LogP contribution in [-0.4, -0.2) is 56.2 Å². The summed E-state index contributed by atoms with van der Waals surface area (Å²) in [7, 11) is -4.07. The average Bonchev–Trinajstić information content (AvgIpc) is 2.77. The lowest BCUT2D eigenvalue weighted by Crippen LogP contribution is -2.36. The fourth-order valence-corrected chi connectivity index (χ4v) is 4.62. The first-order chi connectivity index (χ1) is 16.4. The Kier molecular flexibility index (Phi) is 9.12. The van der Waals surface area contributed by atoms with Crippen LogP contribution in [0.1, 0.15) is 39.2 Å². The van der Waals surface area contributed by atoms with E-state index in [4.69, 9.17) is 9.47 Å². The number of nitrogens with one attached hydrogen (secondary N) is 1. The largest absolute Gasteiger partial charge is 0.463 e. The van der Waals surface area contributed by atoms with Gasteiger partial charge >= 0.3 is 17.9 Å². The smallest absolute Gasteiger partial charge is 0.336 e. The fraction of sp³-hybridized carbons (Fsp3) is 0.409. The van der Waals surface area contributed by atoms with Gasteiger partial charge in [-0.1, -0.05) is 12.1 Å². The molecule has 1 aromatic carbocycles. The lowest BCUT2D eigenvalue weighted by molar-refractivity contribution is -0.384. The maximum Gasteiger partial charge on any atom is 0.336 e. The number of benzene rings is 1. The minimum absolute atomic E-state index is 0.0132. The Labute approximate surface area is 202 Å². The van der Waals surface area contributed by atoms with Gasteiger partial charge in [-0.15, -0.1) is 0 Å². The van der Waals surface area contributed by atoms with E-state index in [2.05, 4.69) is 10.1 Å². The molecule has 190 valence electrons. The van der Waals surface area contributed by atoms with Crippen molar-refractivity contribution in [3.8, 4) is 0 Å². The summed E-state index contributed by atoms with van der Waals surface area (Å²) in [6.45, 7) is 5.61. The van der Waals surface area contributed by atoms with E-state index in [1.165, 1.54) is 31.2 Å². The highest BCUT2D eigenvalue weighted by molar-refractivity contribution is 7.91. The van der Waals surface area contributed by atoms with Crippen molar-refractivity contribution in [1.29, 1.82) is 0 Å². The molecule has 1 aliphatic heterocycles. The maximum absolute atomic E-state index is 13.1. The molecular weight excluding hydrogens is 484 g/mol. The fourth-order valence-electron chi connectivity index (χ4n) is 3.53. The molecule has 0 spiro atoms. The van der Waals surface area contributed by atoms with Gasteiger partial charge in [0.25, 0.3) is 5.69 Å². The first-order valence-corrected chi connectivity index (χ1v) is 12.4. The first kappa shape index (κ1) is 27.5. The zero-order valence-electron chi connectivity index (χ0n) is 19.7. The van der Waals surface area contributed by atoms with Crippen molar-refractivity contribution in [3.63, 3.8) is 0 Å². The molecule has 0 fully saturated rings. The van der Waals surface area contributed by atoms with Crippen LogP contribution in [0.5, 0.6) is 0 Å². The van der Waals surface area contributed by atoms with E-state index in [1.807, 2.05) is 0 Å². The van der Waals surface area contributed by atoms with Crippen LogP contribution in [0.4, 0.5) is 5.69 Å². The molecular formula is C22H26N2O10S. The van der Waals surface area contributed by atoms with Crippen LogP contribution in [0.15, 0.2) is 46.8 Å². The number of carbonyl (C=O) groups is 3. The summed E-state index contributed by atoms with van der Waals surface area (Å²) in [5, 5.41) is 14.2. The number of nitro benzene ring substituents is 1. The lowest BCUT2D eigenvalue weighted by Gasteiger charge is -2.31. The van der Waals surface area contributed by atoms with Gasteiger partial charge in [0.2, 0.25) is 0 Å². The number of carbonyl (C=O) groups excluding carboxylic acids is 3. The Morgan fingerprint density at radius 1 is 1.06 bits per heavy atom. The Morgan fingerprint density at radius 3 is 2.20 bits per heavy atom. The van der Waals surface area contributed by atoms with Crippen molar-refractivity contribution >= 4 is 33.4 Å². The zero-order chi connectivity index (χ0) is 26.3. The summed E-state index contributed by atoms with van der Waals surface area (Å²) in [4.78, 5) is 47.8. The van der Waals surface area contributed by atoms with Crippen molar-refractivity contribution in [2.24, 2.45) is 0 Å². The third-order valence-electron chi connectivity index (χ3n) is 4.86. The van der Waals surface area contributed by atoms with E-state index in [-0.39, 0.29) is 47.0 Å². The number of rotatable bonds is 10. The van der Waals surface area contributed by atoms with Crippen LogP contribution in [0.2, 0.25) is 0 Å². The van der Waals surface area contributed by atoms with Crippen molar-refractivity contribution in [2.45, 2.75) is 33.6 Å². The lowest BCUT2D eigenvalue weighted by atomic mass is 9.80. The van der Waals surface area contributed by atoms with Gasteiger partial charge < -0.3 is 19.5 Å². The van der Waals surface area contributed by atoms with Crippen molar-refractivity contribution in [1.82, 2.24) is 5.32 Å². The maximum atomic E-state index is 13.1. The van der Waals surface area contributed by atoms with Gasteiger partial charge in [-0.05, 0) is 26.3 Å². The molecule has 35 heavy (non-hydrogen) atoms. The van der Waals surface area contributed by atoms with E-state index in [0.717, 1.165) is 6.92 Å². The van der Waals surface area contributed by atoms with Gasteiger partial charge in [-0.25, -0.2) is 18.0 Å². The molecule has 2 rings (SSSR count). The molecule has 1 unspecified atom stereocenters. The molecule has 0 amide bonds. The Bertz CT molecular complexity index is 1200. The number of hydrogen-bond donors (Lipinski definition) is 1. The van der Waals surface area contributed by atoms with Gasteiger partial charge in [0.1, 0.15) is 0 Å². The SMILES string of the molecule is CCOC(=O)C1=C(C)NC(CS(=O)(=O)COC(C)=O)=C(C(=O)OCC)C1c1cccc([N+](=O)[O-])c1. The highest BCUT2D eigenvalue weighted by Gasteiger charge is 2.40. The minimum atomic E-state index is -4.07. The van der Waals surface area contributed by atoms with Crippen LogP contribution in [0.25, 0.3) is 0 Å². The second-order valence-electron chi connectivity index (χ2n) is 7.42. The predicted molar refractivity (Wildman–Crippen MR) is 122 cm³/mol. The van der Waals surface area contributed by atoms with E-state index < -0.39 is 50.3 Å². The molecule has 0 aromatic heterocycles. The molecule has 0 radical (unpaired) electrons. The Balaban J connectivity index is 2.78. The number of sulfone groups is 1. The molecule has 0 saturated heterocycles. The number of nitro groups is 1. The van der Waals surface area contributed by atoms with Crippen LogP contribution in [0.3, 0.4) is 0 Å². The molecule has 1 aliphatic rings. The second-order valence-corrected chi connectivity index (χ2v) is 9.44. The summed E-state index contributed by atoms with van der Waals surface area (Å²) in [5.74, 6) is -5.44. The highest BCUT2D eigenvalue weighted by Crippen LogP contribution is 2.40. The number of dihydropyridines is 1. The molecule has 0 aliphatic carbocycles. The molecule has 1 N–H and O–H groups in total. The molecule has 12 nitrogen and oxygen atoms in total. The van der Waals surface area contributed by atoms with Crippen LogP contribution in [-0.2, 0) is 38.4 Å². The molecule has 13 heteroatoms. The summed E-state index contributed by atoms with van der Waals surface area (Å²) in [5.41, 5.74) is -0.303. The molecule has 0 bridgehead atoms. The molecule has 0 saturated carbocycles. The number of allylic oxidation sites excluding steroid dienone is 1. The van der Waals surface area contributed by atoms with Crippen LogP contribution < -0.4 is 5.32 Å². The number of hydrogen-bond acceptors (Lipinski definition) is 11. The summed E-state index contributed by atoms with van der Waals surface area (Å²) < 4.78 is 40.2. The van der Waals surface area contributed by atoms with Gasteiger partial charge in [-0.3, -0.25) is 14.9 Å². The van der Waals surface area contributed by atoms with Crippen LogP contribution >= 0.6 is 0 Å². The van der Waals surface area contributed by atoms with E-state index in [1.54, 1.807) is 13.8 Å². The number of nitrogens with zero attached hydrogens (tertiary/aromatic N) is 1. The summed E-state index contributed by atoms with van der Waals surface area (Å²) in [6, 6.07) is 5.28. The first-order valence-electron chi connectivity index (χ1n) is 10.5. The van der Waals surface area contributed by atoms with E-state index in [9.17, 15) is 32.9 Å². The number of esters is 3. The zero-order valence-corrected chi connectivity index (χ0v) is 20.5. The van der Waals surface area contributed by atoms with Gasteiger partial charge in [0.15, 0.2) is 15.8 Å². The highest BCUT2D eigenvalue weighted by atomic mass is 32.2. The number of ether oxygens (including phenoxy) is 3. The topological polar surface area (TPSA) is 168 Å². The normalized spacial score (nSPS) is 15.8. The van der Waals surface area contributed by atoms with Crippen molar-refractivity contribution in [2.75, 3.05) is 24.9 Å². The second kappa shape index (κ2) is 11.6. The third-order valence-corrected chi connectivity index (χ3v) is 6.06. The van der Waals surface area contributed by atoms with E-state index >= 15 is 0 Å². The molecule has 1 atom stereocenters. The number of non-ortho nitro benzene ring substituents is 1. The van der Waals surface area contributed by atoms with Crippen LogP contribution in [0, 0.1) is 10.1 Å². The molecule has 1 heterocycles. The summed E-state index contributed by atoms with van der Waals surface area (Å²) in [6.07, 6.45) is 0. The van der Waals surface area contributed by atoms with Crippen molar-refractivity contribution in [3.05, 3.63) is 62.5 Å². The van der Waals surface area contributed by atoms with Crippen molar-refractivity contribution < 1.29 is 41.9 Å². The Hall–Kier alpha value is -3.74. The standard InChI is InChI=1S/C22H26N2O10S/c1-5-32-21(26)18-13(3)23-17(11-35(30,31)12-34-14(4)25)20(22(27)33-6-2)19(18)15-8-7-9-16(10-15)24(28)29/h7-10,19,23H,5-6,11-12H2,1-4H3. The monoisotopic (exact) mass is 510 g/mol. The van der Waals surface area contributed by atoms with Gasteiger partial charge in [0, 0.05) is 30.5 Å². The van der Waals surface area contributed by atoms with E-state index in [0.29, 0.717) is 0 Å². The predicted octanol–water partition coefficient (Wildman–Crippen LogP) is 1.87. The van der Waals surface area contributed by atoms with Gasteiger partial charge in [0.05, 0.1) is 41.0 Å². The average molecular weight is 511 g/mol. The van der Waals surface area contributed by atoms with Gasteiger partial charge in [-0.2, -0.15) is 0 Å². The Morgan fingerprint density at radius 2 is 1.66 bits per heavy atom. The third kappa shape index (κ3) is 6.88. The minimum Gasteiger partial charge on any atom is -0.463 e. The molecule has 1 aromatic rings.